The van der Waals surface area contributed by atoms with Gasteiger partial charge >= 0.3 is 12.1 Å². The van der Waals surface area contributed by atoms with Crippen LogP contribution >= 0.6 is 0 Å². The van der Waals surface area contributed by atoms with Crippen LogP contribution in [0.5, 0.6) is 0 Å². The smallest absolute Gasteiger partial charge is 0.426 e. The molecule has 88 valence electrons. The molecule has 0 amide bonds. The van der Waals surface area contributed by atoms with Crippen LogP contribution in [0.2, 0.25) is 0 Å². The summed E-state index contributed by atoms with van der Waals surface area (Å²) in [5, 5.41) is 8.03. The fraction of sp³-hybridized carbons (Fsp3) is 0.571. The molecule has 0 radical (unpaired) electrons. The second kappa shape index (κ2) is 4.11. The van der Waals surface area contributed by atoms with Gasteiger partial charge in [-0.25, -0.2) is 18.0 Å². The van der Waals surface area contributed by atoms with Gasteiger partial charge in [-0.1, -0.05) is 0 Å². The van der Waals surface area contributed by atoms with E-state index in [0.717, 1.165) is 0 Å². The van der Waals surface area contributed by atoms with E-state index in [1.807, 2.05) is 0 Å². The predicted molar refractivity (Wildman–Crippen MR) is 37.3 cm³/mol. The molecule has 0 bridgehead atoms. The molecule has 0 aliphatic rings. The molecule has 0 unspecified atom stereocenters. The fourth-order valence-electron chi connectivity index (χ4n) is 0.659. The molecule has 0 rings (SSSR count). The maximum atomic E-state index is 12.8. The van der Waals surface area contributed by atoms with E-state index >= 15 is 0 Å². The summed E-state index contributed by atoms with van der Waals surface area (Å²) in [5.74, 6) is -5.37. The molecule has 1 atom stereocenters. The number of hydrogen-bond donors (Lipinski definition) is 1. The van der Waals surface area contributed by atoms with E-state index in [1.165, 1.54) is 0 Å². The first-order valence-electron chi connectivity index (χ1n) is 3.49. The minimum atomic E-state index is -5.58. The molecule has 0 saturated carbocycles. The number of aliphatic carboxylic acids is 1. The highest BCUT2D eigenvalue weighted by Crippen LogP contribution is 2.35. The van der Waals surface area contributed by atoms with Crippen molar-refractivity contribution in [2.24, 2.45) is 0 Å². The van der Waals surface area contributed by atoms with Crippen LogP contribution in [0.25, 0.3) is 0 Å². The van der Waals surface area contributed by atoms with E-state index in [-0.39, 0.29) is 6.92 Å². The molecule has 0 spiro atoms. The quantitative estimate of drug-likeness (QED) is 0.604. The molecule has 0 aromatic rings. The van der Waals surface area contributed by atoms with Crippen molar-refractivity contribution in [3.8, 4) is 0 Å². The number of halogens is 6. The standard InChI is InChI=1S/C7H6F6O2/c1-6(10,2-8)4(9)3(5(14)15)7(11,12)13/h2H2,1H3,(H,14,15)/b4-3+/t6-/m0/s1. The number of carboxylic acids is 1. The number of carboxylic acid groups (broad SMARTS) is 1. The van der Waals surface area contributed by atoms with Crippen molar-refractivity contribution in [1.29, 1.82) is 0 Å². The Balaban J connectivity index is 5.60. The number of rotatable bonds is 3. The summed E-state index contributed by atoms with van der Waals surface area (Å²) in [5.41, 5.74) is -6.33. The largest absolute Gasteiger partial charge is 0.478 e. The van der Waals surface area contributed by atoms with E-state index in [2.05, 4.69) is 0 Å². The second-order valence-corrected chi connectivity index (χ2v) is 2.82. The summed E-state index contributed by atoms with van der Waals surface area (Å²) >= 11 is 0. The van der Waals surface area contributed by atoms with Gasteiger partial charge in [0.1, 0.15) is 6.67 Å². The summed E-state index contributed by atoms with van der Waals surface area (Å²) in [7, 11) is 0. The van der Waals surface area contributed by atoms with Crippen molar-refractivity contribution in [3.63, 3.8) is 0 Å². The Morgan fingerprint density at radius 2 is 1.67 bits per heavy atom. The molecule has 0 aromatic carbocycles. The lowest BCUT2D eigenvalue weighted by atomic mass is 10.0. The Labute approximate surface area is 80.2 Å². The van der Waals surface area contributed by atoms with Gasteiger partial charge in [-0.05, 0) is 6.92 Å². The first kappa shape index (κ1) is 13.8. The van der Waals surface area contributed by atoms with E-state index in [1.54, 1.807) is 0 Å². The van der Waals surface area contributed by atoms with Gasteiger partial charge in [0.05, 0.1) is 0 Å². The van der Waals surface area contributed by atoms with Gasteiger partial charge in [0.25, 0.3) is 0 Å². The minimum absolute atomic E-state index is 0.178. The Morgan fingerprint density at radius 3 is 1.87 bits per heavy atom. The van der Waals surface area contributed by atoms with Crippen LogP contribution in [0.4, 0.5) is 26.3 Å². The van der Waals surface area contributed by atoms with Gasteiger partial charge in [-0.3, -0.25) is 0 Å². The SMILES string of the molecule is C[C@](F)(CF)/C(F)=C(/C(=O)O)C(F)(F)F. The third-order valence-electron chi connectivity index (χ3n) is 1.43. The van der Waals surface area contributed by atoms with Crippen LogP contribution in [-0.4, -0.2) is 29.6 Å². The van der Waals surface area contributed by atoms with Crippen LogP contribution < -0.4 is 0 Å². The monoisotopic (exact) mass is 236 g/mol. The molecule has 0 aliphatic heterocycles. The zero-order valence-corrected chi connectivity index (χ0v) is 7.33. The zero-order valence-electron chi connectivity index (χ0n) is 7.33. The van der Waals surface area contributed by atoms with Crippen molar-refractivity contribution in [1.82, 2.24) is 0 Å². The lowest BCUT2D eigenvalue weighted by Crippen LogP contribution is -2.30. The van der Waals surface area contributed by atoms with Crippen molar-refractivity contribution < 1.29 is 36.2 Å². The van der Waals surface area contributed by atoms with Crippen molar-refractivity contribution in [3.05, 3.63) is 11.4 Å². The number of alkyl halides is 5. The number of hydrogen-bond acceptors (Lipinski definition) is 1. The molecule has 15 heavy (non-hydrogen) atoms. The van der Waals surface area contributed by atoms with Crippen LogP contribution in [0.3, 0.4) is 0 Å². The molecule has 8 heteroatoms. The first-order valence-corrected chi connectivity index (χ1v) is 3.49. The summed E-state index contributed by atoms with van der Waals surface area (Å²) in [6, 6.07) is 0. The molecule has 0 heterocycles. The summed E-state index contributed by atoms with van der Waals surface area (Å²) in [4.78, 5) is 10.0. The van der Waals surface area contributed by atoms with Crippen LogP contribution in [0.15, 0.2) is 11.4 Å². The fourth-order valence-corrected chi connectivity index (χ4v) is 0.659. The number of allylic oxidation sites excluding steroid dienone is 1. The van der Waals surface area contributed by atoms with Gasteiger partial charge < -0.3 is 5.11 Å². The maximum Gasteiger partial charge on any atom is 0.426 e. The normalized spacial score (nSPS) is 18.1. The van der Waals surface area contributed by atoms with Crippen LogP contribution in [0.1, 0.15) is 6.92 Å². The first-order chi connectivity index (χ1) is 6.54. The number of carbonyl (C=O) groups is 1. The van der Waals surface area contributed by atoms with Gasteiger partial charge in [0.15, 0.2) is 17.1 Å². The van der Waals surface area contributed by atoms with Gasteiger partial charge in [0, 0.05) is 0 Å². The summed E-state index contributed by atoms with van der Waals surface area (Å²) in [6.45, 7) is -1.91. The van der Waals surface area contributed by atoms with E-state index in [4.69, 9.17) is 5.11 Å². The predicted octanol–water partition coefficient (Wildman–Crippen LogP) is 2.55. The van der Waals surface area contributed by atoms with Crippen LogP contribution in [-0.2, 0) is 4.79 Å². The molecule has 1 N–H and O–H groups in total. The molecular formula is C7H6F6O2. The highest BCUT2D eigenvalue weighted by Gasteiger charge is 2.47. The van der Waals surface area contributed by atoms with Crippen molar-refractivity contribution >= 4 is 5.97 Å². The molecule has 0 saturated heterocycles. The van der Waals surface area contributed by atoms with E-state index < -0.39 is 35.9 Å². The Kier molecular flexibility index (Phi) is 3.78. The highest BCUT2D eigenvalue weighted by atomic mass is 19.4. The Bertz CT molecular complexity index is 290. The van der Waals surface area contributed by atoms with Crippen LogP contribution in [0, 0.1) is 0 Å². The van der Waals surface area contributed by atoms with Crippen molar-refractivity contribution in [2.75, 3.05) is 6.67 Å². The maximum absolute atomic E-state index is 12.8. The average Bonchev–Trinajstić information content (AvgIpc) is 2.00. The average molecular weight is 236 g/mol. The highest BCUT2D eigenvalue weighted by molar-refractivity contribution is 5.89. The lowest BCUT2D eigenvalue weighted by molar-refractivity contribution is -0.146. The van der Waals surface area contributed by atoms with E-state index in [0.29, 0.717) is 0 Å². The Morgan fingerprint density at radius 1 is 1.27 bits per heavy atom. The topological polar surface area (TPSA) is 37.3 Å². The van der Waals surface area contributed by atoms with E-state index in [9.17, 15) is 31.1 Å². The molecular weight excluding hydrogens is 230 g/mol. The third-order valence-corrected chi connectivity index (χ3v) is 1.43. The van der Waals surface area contributed by atoms with Crippen molar-refractivity contribution in [2.45, 2.75) is 18.8 Å². The molecule has 0 aromatic heterocycles. The summed E-state index contributed by atoms with van der Waals surface area (Å²) < 4.78 is 73.1. The Hall–Kier alpha value is -1.21. The molecule has 0 fully saturated rings. The second-order valence-electron chi connectivity index (χ2n) is 2.82. The lowest BCUT2D eigenvalue weighted by Gasteiger charge is -2.17. The zero-order chi connectivity index (χ0) is 12.4. The third kappa shape index (κ3) is 3.14. The van der Waals surface area contributed by atoms with Gasteiger partial charge in [0.2, 0.25) is 0 Å². The van der Waals surface area contributed by atoms with Gasteiger partial charge in [-0.15, -0.1) is 0 Å². The molecule has 0 aliphatic carbocycles. The summed E-state index contributed by atoms with van der Waals surface area (Å²) in [6.07, 6.45) is -5.58. The molecule has 2 nitrogen and oxygen atoms in total. The van der Waals surface area contributed by atoms with Gasteiger partial charge in [-0.2, -0.15) is 13.2 Å². The minimum Gasteiger partial charge on any atom is -0.478 e.